The molecular weight excluding hydrogens is 184 g/mol. The number of nitrogens with two attached hydrogens (primary N) is 1. The highest BCUT2D eigenvalue weighted by atomic mass is 15.0. The third kappa shape index (κ3) is 1.84. The molecule has 0 fully saturated rings. The van der Waals surface area contributed by atoms with Crippen molar-refractivity contribution in [3.05, 3.63) is 41.1 Å². The molecule has 1 heterocycles. The summed E-state index contributed by atoms with van der Waals surface area (Å²) >= 11 is 0. The third-order valence-electron chi connectivity index (χ3n) is 2.78. The molecule has 2 rings (SSSR count). The van der Waals surface area contributed by atoms with Gasteiger partial charge in [0.05, 0.1) is 5.70 Å². The molecule has 0 atom stereocenters. The van der Waals surface area contributed by atoms with Gasteiger partial charge in [0.1, 0.15) is 0 Å². The lowest BCUT2D eigenvalue weighted by Crippen LogP contribution is -2.44. The fraction of sp³-hybridized carbons (Fsp3) is 0.385. The Hall–Kier alpha value is -1.44. The Kier molecular flexibility index (Phi) is 2.22. The van der Waals surface area contributed by atoms with Crippen molar-refractivity contribution in [2.24, 2.45) is 5.73 Å². The largest absolute Gasteiger partial charge is 0.401 e. The quantitative estimate of drug-likeness (QED) is 0.677. The molecule has 1 aromatic rings. The van der Waals surface area contributed by atoms with E-state index in [0.29, 0.717) is 0 Å². The van der Waals surface area contributed by atoms with Gasteiger partial charge in [-0.3, -0.25) is 0 Å². The average Bonchev–Trinajstić information content (AvgIpc) is 2.14. The third-order valence-corrected chi connectivity index (χ3v) is 2.78. The van der Waals surface area contributed by atoms with Crippen LogP contribution in [0.15, 0.2) is 30.0 Å². The summed E-state index contributed by atoms with van der Waals surface area (Å²) in [5.41, 5.74) is 10.6. The number of allylic oxidation sites excluding steroid dienone is 1. The highest BCUT2D eigenvalue weighted by molar-refractivity contribution is 5.71. The topological polar surface area (TPSA) is 38.0 Å². The van der Waals surface area contributed by atoms with Gasteiger partial charge >= 0.3 is 0 Å². The molecule has 2 heteroatoms. The van der Waals surface area contributed by atoms with Crippen molar-refractivity contribution in [3.63, 3.8) is 0 Å². The lowest BCUT2D eigenvalue weighted by molar-refractivity contribution is 0.436. The van der Waals surface area contributed by atoms with Crippen molar-refractivity contribution in [3.8, 4) is 0 Å². The zero-order valence-electron chi connectivity index (χ0n) is 9.59. The van der Waals surface area contributed by atoms with E-state index in [1.807, 2.05) is 6.92 Å². The van der Waals surface area contributed by atoms with Crippen molar-refractivity contribution in [1.29, 1.82) is 0 Å². The van der Waals surface area contributed by atoms with Crippen LogP contribution in [0.1, 0.15) is 31.9 Å². The van der Waals surface area contributed by atoms with Gasteiger partial charge in [-0.25, -0.2) is 0 Å². The van der Waals surface area contributed by atoms with Gasteiger partial charge in [0, 0.05) is 16.8 Å². The number of fused-ring (bicyclic) bond motifs is 1. The van der Waals surface area contributed by atoms with Crippen LogP contribution in [0.3, 0.4) is 0 Å². The van der Waals surface area contributed by atoms with E-state index >= 15 is 0 Å². The Morgan fingerprint density at radius 3 is 2.67 bits per heavy atom. The van der Waals surface area contributed by atoms with Crippen molar-refractivity contribution >= 4 is 5.70 Å². The van der Waals surface area contributed by atoms with Gasteiger partial charge < -0.3 is 11.1 Å². The SMILES string of the molecule is C/C(N)=C1\NC(C)(C)Cc2ccccc21. The summed E-state index contributed by atoms with van der Waals surface area (Å²) in [5, 5.41) is 3.50. The molecule has 1 aliphatic rings. The second kappa shape index (κ2) is 3.30. The van der Waals surface area contributed by atoms with Gasteiger partial charge in [0.2, 0.25) is 0 Å². The molecule has 3 N–H and O–H groups in total. The monoisotopic (exact) mass is 202 g/mol. The molecule has 0 aromatic heterocycles. The highest BCUT2D eigenvalue weighted by Gasteiger charge is 2.27. The Bertz CT molecular complexity index is 412. The van der Waals surface area contributed by atoms with E-state index in [4.69, 9.17) is 5.73 Å². The molecule has 1 aliphatic heterocycles. The standard InChI is InChI=1S/C13H18N2/c1-9(14)12-11-7-5-4-6-10(11)8-13(2,3)15-12/h4-7,15H,8,14H2,1-3H3/b12-9+. The molecular formula is C13H18N2. The summed E-state index contributed by atoms with van der Waals surface area (Å²) in [5.74, 6) is 0. The lowest BCUT2D eigenvalue weighted by Gasteiger charge is -2.36. The van der Waals surface area contributed by atoms with Crippen LogP contribution in [0.25, 0.3) is 5.70 Å². The Morgan fingerprint density at radius 2 is 2.00 bits per heavy atom. The van der Waals surface area contributed by atoms with Crippen molar-refractivity contribution in [2.75, 3.05) is 0 Å². The summed E-state index contributed by atoms with van der Waals surface area (Å²) in [4.78, 5) is 0. The number of rotatable bonds is 0. The van der Waals surface area contributed by atoms with Crippen LogP contribution in [0, 0.1) is 0 Å². The maximum atomic E-state index is 5.92. The maximum absolute atomic E-state index is 5.92. The molecule has 0 spiro atoms. The number of hydrogen-bond acceptors (Lipinski definition) is 2. The Balaban J connectivity index is 2.58. The first kappa shape index (κ1) is 10.1. The molecule has 0 saturated carbocycles. The molecule has 0 aliphatic carbocycles. The van der Waals surface area contributed by atoms with E-state index in [-0.39, 0.29) is 5.54 Å². The van der Waals surface area contributed by atoms with Gasteiger partial charge in [0.15, 0.2) is 0 Å². The van der Waals surface area contributed by atoms with Gasteiger partial charge in [-0.05, 0) is 32.8 Å². The number of benzene rings is 1. The van der Waals surface area contributed by atoms with Gasteiger partial charge in [-0.2, -0.15) is 0 Å². The summed E-state index contributed by atoms with van der Waals surface area (Å²) < 4.78 is 0. The van der Waals surface area contributed by atoms with Crippen molar-refractivity contribution in [1.82, 2.24) is 5.32 Å². The minimum Gasteiger partial charge on any atom is -0.401 e. The molecule has 0 radical (unpaired) electrons. The predicted molar refractivity (Wildman–Crippen MR) is 64.1 cm³/mol. The van der Waals surface area contributed by atoms with Crippen molar-refractivity contribution < 1.29 is 0 Å². The number of nitrogens with one attached hydrogen (secondary N) is 1. The van der Waals surface area contributed by atoms with Crippen LogP contribution in [0.2, 0.25) is 0 Å². The van der Waals surface area contributed by atoms with E-state index in [1.54, 1.807) is 0 Å². The second-order valence-corrected chi connectivity index (χ2v) is 4.90. The normalized spacial score (nSPS) is 21.5. The van der Waals surface area contributed by atoms with Gasteiger partial charge in [-0.1, -0.05) is 24.3 Å². The summed E-state index contributed by atoms with van der Waals surface area (Å²) in [7, 11) is 0. The zero-order valence-corrected chi connectivity index (χ0v) is 9.59. The van der Waals surface area contributed by atoms with Crippen LogP contribution in [-0.4, -0.2) is 5.54 Å². The Morgan fingerprint density at radius 1 is 1.33 bits per heavy atom. The smallest absolute Gasteiger partial charge is 0.0608 e. The van der Waals surface area contributed by atoms with Crippen LogP contribution < -0.4 is 11.1 Å². The fourth-order valence-corrected chi connectivity index (χ4v) is 2.16. The van der Waals surface area contributed by atoms with Crippen LogP contribution in [0.4, 0.5) is 0 Å². The van der Waals surface area contributed by atoms with Gasteiger partial charge in [-0.15, -0.1) is 0 Å². The molecule has 15 heavy (non-hydrogen) atoms. The van der Waals surface area contributed by atoms with E-state index in [9.17, 15) is 0 Å². The lowest BCUT2D eigenvalue weighted by atomic mass is 9.85. The molecule has 0 amide bonds. The average molecular weight is 202 g/mol. The van der Waals surface area contributed by atoms with E-state index < -0.39 is 0 Å². The maximum Gasteiger partial charge on any atom is 0.0608 e. The summed E-state index contributed by atoms with van der Waals surface area (Å²) in [6.07, 6.45) is 1.04. The number of hydrogen-bond donors (Lipinski definition) is 2. The molecule has 0 unspecified atom stereocenters. The Labute approximate surface area is 91.2 Å². The molecule has 0 bridgehead atoms. The fourth-order valence-electron chi connectivity index (χ4n) is 2.16. The first-order valence-electron chi connectivity index (χ1n) is 5.32. The zero-order chi connectivity index (χ0) is 11.1. The van der Waals surface area contributed by atoms with E-state index in [0.717, 1.165) is 17.8 Å². The molecule has 0 saturated heterocycles. The minimum absolute atomic E-state index is 0.0876. The minimum atomic E-state index is 0.0876. The van der Waals surface area contributed by atoms with E-state index in [1.165, 1.54) is 11.1 Å². The molecule has 1 aromatic carbocycles. The molecule has 80 valence electrons. The van der Waals surface area contributed by atoms with Crippen LogP contribution >= 0.6 is 0 Å². The first-order chi connectivity index (χ1) is 6.99. The second-order valence-electron chi connectivity index (χ2n) is 4.90. The summed E-state index contributed by atoms with van der Waals surface area (Å²) in [6, 6.07) is 8.45. The molecule has 2 nitrogen and oxygen atoms in total. The summed E-state index contributed by atoms with van der Waals surface area (Å²) in [6.45, 7) is 6.35. The van der Waals surface area contributed by atoms with Crippen molar-refractivity contribution in [2.45, 2.75) is 32.7 Å². The van der Waals surface area contributed by atoms with Gasteiger partial charge in [0.25, 0.3) is 0 Å². The highest BCUT2D eigenvalue weighted by Crippen LogP contribution is 2.29. The predicted octanol–water partition coefficient (Wildman–Crippen LogP) is 2.26. The van der Waals surface area contributed by atoms with E-state index in [2.05, 4.69) is 43.4 Å². The first-order valence-corrected chi connectivity index (χ1v) is 5.32. The van der Waals surface area contributed by atoms with Crippen LogP contribution in [-0.2, 0) is 6.42 Å². The van der Waals surface area contributed by atoms with Crippen LogP contribution in [0.5, 0.6) is 0 Å².